The molecule has 11 nitrogen and oxygen atoms in total. The maximum atomic E-state index is 14.5. The molecule has 1 aromatic heterocycles. The molecule has 1 aromatic carbocycles. The number of likely N-dealkylation sites (tertiary alicyclic amines) is 1. The quantitative estimate of drug-likeness (QED) is 0.164. The molecule has 1 aliphatic rings. The van der Waals surface area contributed by atoms with Crippen molar-refractivity contribution in [2.24, 2.45) is 35.3 Å². The van der Waals surface area contributed by atoms with Gasteiger partial charge in [-0.05, 0) is 56.7 Å². The van der Waals surface area contributed by atoms with Gasteiger partial charge in [-0.15, -0.1) is 11.3 Å². The topological polar surface area (TPSA) is 122 Å². The first-order chi connectivity index (χ1) is 26.0. The summed E-state index contributed by atoms with van der Waals surface area (Å²) in [6, 6.07) is 8.92. The van der Waals surface area contributed by atoms with Crippen LogP contribution in [0.2, 0.25) is 0 Å². The lowest BCUT2D eigenvalue weighted by Gasteiger charge is -2.43. The van der Waals surface area contributed by atoms with Gasteiger partial charge in [0.1, 0.15) is 5.01 Å². The molecule has 3 amide bonds. The molecule has 0 radical (unpaired) electrons. The summed E-state index contributed by atoms with van der Waals surface area (Å²) in [6.07, 6.45) is 3.81. The van der Waals surface area contributed by atoms with Gasteiger partial charge in [0.15, 0.2) is 0 Å². The fourth-order valence-electron chi connectivity index (χ4n) is 9.13. The molecule has 0 bridgehead atoms. The molecule has 2 aromatic rings. The Kier molecular flexibility index (Phi) is 18.2. The molecule has 2 heterocycles. The van der Waals surface area contributed by atoms with Crippen LogP contribution in [0, 0.1) is 29.6 Å². The maximum absolute atomic E-state index is 14.5. The molecule has 1 unspecified atom stereocenters. The summed E-state index contributed by atoms with van der Waals surface area (Å²) in [7, 11) is 11.0. The van der Waals surface area contributed by atoms with Crippen LogP contribution in [0.4, 0.5) is 0 Å². The number of methoxy groups -OCH3 is 2. The van der Waals surface area contributed by atoms with Crippen molar-refractivity contribution in [1.82, 2.24) is 24.6 Å². The van der Waals surface area contributed by atoms with Gasteiger partial charge < -0.3 is 34.8 Å². The lowest BCUT2D eigenvalue weighted by atomic mass is 9.79. The SMILES string of the molecule is CC[C@H](C)[C@@H]([C@@H](CC(=O)N1CCC[C@H]1[C@H](OC)[C@@H](C)C(=O)N(C)[C@@H](Cc1ccccc1)c1nccs1)OC)N(C)C(=O)[C@@H](C(C)C)C(N)[C@H](C(C)C)N(C)C. The number of carbonyl (C=O) groups excluding carboxylic acids is 3. The van der Waals surface area contributed by atoms with Crippen LogP contribution in [0.25, 0.3) is 0 Å². The molecule has 2 N–H and O–H groups in total. The smallest absolute Gasteiger partial charge is 0.228 e. The summed E-state index contributed by atoms with van der Waals surface area (Å²) in [5.74, 6) is -0.735. The first-order valence-corrected chi connectivity index (χ1v) is 21.1. The largest absolute Gasteiger partial charge is 0.379 e. The number of amides is 3. The van der Waals surface area contributed by atoms with Gasteiger partial charge >= 0.3 is 0 Å². The van der Waals surface area contributed by atoms with Gasteiger partial charge in [-0.25, -0.2) is 4.98 Å². The molecule has 0 spiro atoms. The van der Waals surface area contributed by atoms with Crippen molar-refractivity contribution < 1.29 is 23.9 Å². The van der Waals surface area contributed by atoms with Gasteiger partial charge in [0.25, 0.3) is 0 Å². The Labute approximate surface area is 336 Å². The molecule has 1 aliphatic heterocycles. The van der Waals surface area contributed by atoms with Crippen molar-refractivity contribution in [1.29, 1.82) is 0 Å². The number of thiazole rings is 1. The van der Waals surface area contributed by atoms with E-state index in [0.717, 1.165) is 29.8 Å². The Hall–Kier alpha value is -2.90. The number of rotatable bonds is 21. The second kappa shape index (κ2) is 21.6. The average Bonchev–Trinajstić information content (AvgIpc) is 3.86. The van der Waals surface area contributed by atoms with E-state index in [-0.39, 0.29) is 72.1 Å². The number of nitrogens with zero attached hydrogens (tertiary/aromatic N) is 5. The average molecular weight is 785 g/mol. The van der Waals surface area contributed by atoms with Gasteiger partial charge in [-0.3, -0.25) is 14.4 Å². The number of hydrogen-bond acceptors (Lipinski definition) is 9. The number of aromatic nitrogens is 1. The van der Waals surface area contributed by atoms with Crippen LogP contribution in [0.5, 0.6) is 0 Å². The maximum Gasteiger partial charge on any atom is 0.228 e. The lowest BCUT2D eigenvalue weighted by Crippen LogP contribution is -2.59. The van der Waals surface area contributed by atoms with Crippen molar-refractivity contribution in [2.45, 2.75) is 123 Å². The highest BCUT2D eigenvalue weighted by Crippen LogP contribution is 2.33. The number of ether oxygens (including phenoxy) is 2. The minimum absolute atomic E-state index is 0.0154. The van der Waals surface area contributed by atoms with E-state index in [1.165, 1.54) is 0 Å². The molecule has 1 fully saturated rings. The van der Waals surface area contributed by atoms with Gasteiger partial charge in [0.2, 0.25) is 17.7 Å². The van der Waals surface area contributed by atoms with Crippen LogP contribution < -0.4 is 5.73 Å². The standard InChI is InChI=1S/C43H72N6O5S/c1-14-29(6)39(48(11)43(52)36(27(2)3)37(44)38(28(4)5)46(8)9)34(53-12)26-35(50)49-23-18-21-32(49)40(54-13)30(7)42(51)47(10)33(41-45-22-24-55-41)25-31-19-16-15-17-20-31/h15-17,19-20,22,24,27-30,32-34,36-40H,14,18,21,23,25-26,44H2,1-13H3/t29-,30+,32-,33-,34+,36-,37?,38-,39-,40+/m0/s1. The van der Waals surface area contributed by atoms with Crippen molar-refractivity contribution in [2.75, 3.05) is 49.0 Å². The van der Waals surface area contributed by atoms with Gasteiger partial charge in [0.05, 0.1) is 48.6 Å². The minimum atomic E-state index is -0.542. The summed E-state index contributed by atoms with van der Waals surface area (Å²) in [4.78, 5) is 55.4. The van der Waals surface area contributed by atoms with Crippen molar-refractivity contribution >= 4 is 29.1 Å². The van der Waals surface area contributed by atoms with E-state index < -0.39 is 24.0 Å². The zero-order valence-corrected chi connectivity index (χ0v) is 36.8. The fraction of sp³-hybridized carbons (Fsp3) is 0.721. The third-order valence-electron chi connectivity index (χ3n) is 12.1. The third kappa shape index (κ3) is 11.4. The Morgan fingerprint density at radius 1 is 0.927 bits per heavy atom. The first kappa shape index (κ1) is 46.5. The second-order valence-electron chi connectivity index (χ2n) is 16.7. The van der Waals surface area contributed by atoms with Gasteiger partial charge in [-0.1, -0.05) is 85.2 Å². The van der Waals surface area contributed by atoms with Crippen LogP contribution in [-0.2, 0) is 30.3 Å². The van der Waals surface area contributed by atoms with E-state index in [1.807, 2.05) is 68.5 Å². The van der Waals surface area contributed by atoms with Crippen LogP contribution in [-0.4, -0.2) is 128 Å². The van der Waals surface area contributed by atoms with Crippen LogP contribution in [0.3, 0.4) is 0 Å². The van der Waals surface area contributed by atoms with Gasteiger partial charge in [0, 0.05) is 58.5 Å². The molecule has 0 saturated carbocycles. The van der Waals surface area contributed by atoms with Crippen molar-refractivity contribution in [3.8, 4) is 0 Å². The molecule has 310 valence electrons. The monoisotopic (exact) mass is 785 g/mol. The third-order valence-corrected chi connectivity index (χ3v) is 13.0. The molecule has 10 atom stereocenters. The first-order valence-electron chi connectivity index (χ1n) is 20.3. The van der Waals surface area contributed by atoms with Crippen LogP contribution >= 0.6 is 11.3 Å². The predicted octanol–water partition coefficient (Wildman–Crippen LogP) is 5.99. The fourth-order valence-corrected chi connectivity index (χ4v) is 9.91. The summed E-state index contributed by atoms with van der Waals surface area (Å²) in [5.41, 5.74) is 8.08. The summed E-state index contributed by atoms with van der Waals surface area (Å²) in [5, 5.41) is 2.81. The highest BCUT2D eigenvalue weighted by molar-refractivity contribution is 7.09. The highest BCUT2D eigenvalue weighted by Gasteiger charge is 2.45. The number of nitrogens with two attached hydrogens (primary N) is 1. The lowest BCUT2D eigenvalue weighted by molar-refractivity contribution is -0.150. The molecular weight excluding hydrogens is 713 g/mol. The van der Waals surface area contributed by atoms with E-state index in [4.69, 9.17) is 15.2 Å². The molecule has 12 heteroatoms. The van der Waals surface area contributed by atoms with Crippen molar-refractivity contribution in [3.63, 3.8) is 0 Å². The summed E-state index contributed by atoms with van der Waals surface area (Å²) in [6.45, 7) is 15.1. The molecule has 55 heavy (non-hydrogen) atoms. The van der Waals surface area contributed by atoms with Crippen molar-refractivity contribution in [3.05, 3.63) is 52.5 Å². The van der Waals surface area contributed by atoms with E-state index in [0.29, 0.717) is 13.0 Å². The zero-order chi connectivity index (χ0) is 41.1. The molecule has 3 rings (SSSR count). The zero-order valence-electron chi connectivity index (χ0n) is 36.0. The predicted molar refractivity (Wildman–Crippen MR) is 223 cm³/mol. The Morgan fingerprint density at radius 3 is 2.09 bits per heavy atom. The second-order valence-corrected chi connectivity index (χ2v) is 17.6. The minimum Gasteiger partial charge on any atom is -0.379 e. The molecular formula is C43H72N6O5S. The van der Waals surface area contributed by atoms with Crippen LogP contribution in [0.1, 0.15) is 90.8 Å². The molecule has 0 aliphatic carbocycles. The van der Waals surface area contributed by atoms with E-state index in [2.05, 4.69) is 63.6 Å². The Bertz CT molecular complexity index is 1450. The highest BCUT2D eigenvalue weighted by atomic mass is 32.1. The normalized spacial score (nSPS) is 19.8. The number of hydrogen-bond donors (Lipinski definition) is 1. The Morgan fingerprint density at radius 2 is 1.58 bits per heavy atom. The van der Waals surface area contributed by atoms with Crippen LogP contribution in [0.15, 0.2) is 41.9 Å². The van der Waals surface area contributed by atoms with E-state index >= 15 is 0 Å². The van der Waals surface area contributed by atoms with E-state index in [9.17, 15) is 14.4 Å². The number of likely N-dealkylation sites (N-methyl/N-ethyl adjacent to an activating group) is 3. The summed E-state index contributed by atoms with van der Waals surface area (Å²) >= 11 is 1.54. The van der Waals surface area contributed by atoms with E-state index in [1.54, 1.807) is 36.7 Å². The Balaban J connectivity index is 1.84. The number of carbonyl (C=O) groups is 3. The number of benzene rings is 1. The molecule has 1 saturated heterocycles. The summed E-state index contributed by atoms with van der Waals surface area (Å²) < 4.78 is 12.2. The van der Waals surface area contributed by atoms with Gasteiger partial charge in [-0.2, -0.15) is 0 Å².